The van der Waals surface area contributed by atoms with Crippen molar-refractivity contribution in [3.05, 3.63) is 59.7 Å². The van der Waals surface area contributed by atoms with E-state index in [1.54, 1.807) is 0 Å². The Morgan fingerprint density at radius 3 is 2.02 bits per heavy atom. The molecular weight excluding hydrogens is 520 g/mol. The first-order valence-corrected chi connectivity index (χ1v) is 13.4. The molecule has 40 heavy (non-hydrogen) atoms. The molecule has 0 fully saturated rings. The first-order valence-electron chi connectivity index (χ1n) is 13.4. The molecule has 0 bridgehead atoms. The molecule has 0 aliphatic heterocycles. The highest BCUT2D eigenvalue weighted by atomic mass is 16.6. The van der Waals surface area contributed by atoms with Crippen molar-refractivity contribution in [1.29, 1.82) is 0 Å². The Morgan fingerprint density at radius 2 is 1.40 bits per heavy atom. The third-order valence-electron chi connectivity index (χ3n) is 6.11. The van der Waals surface area contributed by atoms with E-state index >= 15 is 0 Å². The molecule has 1 aliphatic carbocycles. The van der Waals surface area contributed by atoms with Gasteiger partial charge in [-0.05, 0) is 24.5 Å². The Hall–Kier alpha value is -3.35. The number of carbonyl (C=O) groups is 3. The van der Waals surface area contributed by atoms with E-state index in [4.69, 9.17) is 28.8 Å². The summed E-state index contributed by atoms with van der Waals surface area (Å²) in [5.41, 5.74) is 4.17. The van der Waals surface area contributed by atoms with Gasteiger partial charge in [0.25, 0.3) is 0 Å². The van der Waals surface area contributed by atoms with Gasteiger partial charge in [-0.1, -0.05) is 48.5 Å². The summed E-state index contributed by atoms with van der Waals surface area (Å²) in [6.45, 7) is 4.62. The second-order valence-electron chi connectivity index (χ2n) is 9.07. The topological polar surface area (TPSA) is 142 Å². The van der Waals surface area contributed by atoms with Gasteiger partial charge in [0.15, 0.2) is 11.9 Å². The number of rotatable bonds is 20. The highest BCUT2D eigenvalue weighted by molar-refractivity contribution is 5.85. The maximum absolute atomic E-state index is 12.4. The van der Waals surface area contributed by atoms with E-state index in [0.717, 1.165) is 22.3 Å². The summed E-state index contributed by atoms with van der Waals surface area (Å²) in [4.78, 5) is 34.6. The van der Waals surface area contributed by atoms with E-state index in [2.05, 4.69) is 10.6 Å². The van der Waals surface area contributed by atoms with E-state index < -0.39 is 30.9 Å². The van der Waals surface area contributed by atoms with Crippen LogP contribution in [0.5, 0.6) is 0 Å². The van der Waals surface area contributed by atoms with Crippen molar-refractivity contribution in [2.24, 2.45) is 0 Å². The van der Waals surface area contributed by atoms with Crippen molar-refractivity contribution < 1.29 is 43.2 Å². The summed E-state index contributed by atoms with van der Waals surface area (Å²) >= 11 is 0. The van der Waals surface area contributed by atoms with E-state index in [9.17, 15) is 14.4 Å². The van der Waals surface area contributed by atoms with Crippen LogP contribution in [0, 0.1) is 0 Å². The second kappa shape index (κ2) is 17.4. The van der Waals surface area contributed by atoms with Gasteiger partial charge in [-0.2, -0.15) is 0 Å². The zero-order valence-electron chi connectivity index (χ0n) is 22.8. The molecular formula is C29H38N2O9. The number of fused-ring (bicyclic) bond motifs is 3. The largest absolute Gasteiger partial charge is 0.480 e. The smallest absolute Gasteiger partial charge is 0.408 e. The van der Waals surface area contributed by atoms with E-state index in [1.165, 1.54) is 6.92 Å². The van der Waals surface area contributed by atoms with Crippen molar-refractivity contribution in [2.75, 3.05) is 65.9 Å². The lowest BCUT2D eigenvalue weighted by atomic mass is 10.1. The lowest BCUT2D eigenvalue weighted by Crippen LogP contribution is -2.34. The number of alkyl carbamates (subject to hydrolysis) is 1. The van der Waals surface area contributed by atoms with Crippen LogP contribution in [-0.2, 0) is 33.3 Å². The summed E-state index contributed by atoms with van der Waals surface area (Å²) in [6.07, 6.45) is -0.991. The molecule has 1 amide bonds. The van der Waals surface area contributed by atoms with Crippen LogP contribution in [0.2, 0.25) is 0 Å². The Bertz CT molecular complexity index is 1050. The molecule has 218 valence electrons. The fourth-order valence-corrected chi connectivity index (χ4v) is 4.08. The predicted molar refractivity (Wildman–Crippen MR) is 146 cm³/mol. The van der Waals surface area contributed by atoms with Gasteiger partial charge in [0.2, 0.25) is 0 Å². The van der Waals surface area contributed by atoms with Gasteiger partial charge in [-0.3, -0.25) is 4.79 Å². The molecule has 1 unspecified atom stereocenters. The fourth-order valence-electron chi connectivity index (χ4n) is 4.08. The zero-order valence-corrected chi connectivity index (χ0v) is 22.8. The summed E-state index contributed by atoms with van der Waals surface area (Å²) in [7, 11) is 0. The number of nitrogens with one attached hydrogen (secondary N) is 2. The van der Waals surface area contributed by atoms with Gasteiger partial charge in [-0.15, -0.1) is 0 Å². The summed E-state index contributed by atoms with van der Waals surface area (Å²) in [5, 5.41) is 14.3. The molecule has 0 spiro atoms. The second-order valence-corrected chi connectivity index (χ2v) is 9.07. The third-order valence-corrected chi connectivity index (χ3v) is 6.11. The van der Waals surface area contributed by atoms with Gasteiger partial charge in [0, 0.05) is 30.8 Å². The van der Waals surface area contributed by atoms with E-state index in [-0.39, 0.29) is 12.3 Å². The van der Waals surface area contributed by atoms with Crippen LogP contribution in [0.3, 0.4) is 0 Å². The zero-order chi connectivity index (χ0) is 28.6. The summed E-state index contributed by atoms with van der Waals surface area (Å²) in [6, 6.07) is 15.9. The lowest BCUT2D eigenvalue weighted by molar-refractivity contribution is -0.146. The van der Waals surface area contributed by atoms with Crippen molar-refractivity contribution in [2.45, 2.75) is 25.6 Å². The van der Waals surface area contributed by atoms with E-state index in [0.29, 0.717) is 59.2 Å². The highest BCUT2D eigenvalue weighted by Crippen LogP contribution is 2.44. The Morgan fingerprint density at radius 1 is 0.825 bits per heavy atom. The van der Waals surface area contributed by atoms with Crippen LogP contribution in [0.15, 0.2) is 48.5 Å². The van der Waals surface area contributed by atoms with Crippen LogP contribution >= 0.6 is 0 Å². The molecule has 1 aliphatic rings. The van der Waals surface area contributed by atoms with E-state index in [1.807, 2.05) is 48.5 Å². The number of hydrogen-bond acceptors (Lipinski definition) is 9. The highest BCUT2D eigenvalue weighted by Gasteiger charge is 2.30. The average molecular weight is 559 g/mol. The average Bonchev–Trinajstić information content (AvgIpc) is 3.27. The molecule has 0 radical (unpaired) electrons. The van der Waals surface area contributed by atoms with Crippen molar-refractivity contribution >= 4 is 17.8 Å². The van der Waals surface area contributed by atoms with Gasteiger partial charge >= 0.3 is 12.1 Å². The van der Waals surface area contributed by atoms with Crippen LogP contribution in [0.4, 0.5) is 4.79 Å². The third kappa shape index (κ3) is 10.3. The molecule has 11 heteroatoms. The molecule has 3 rings (SSSR count). The Balaban J connectivity index is 1.12. The molecule has 0 aromatic heterocycles. The van der Waals surface area contributed by atoms with Crippen LogP contribution in [-0.4, -0.2) is 94.9 Å². The monoisotopic (exact) mass is 558 g/mol. The minimum Gasteiger partial charge on any atom is -0.480 e. The number of ketones is 1. The first kappa shape index (κ1) is 31.2. The molecule has 11 nitrogen and oxygen atoms in total. The number of amides is 1. The number of carboxylic acid groups (broad SMARTS) is 1. The first-order chi connectivity index (χ1) is 19.5. The van der Waals surface area contributed by atoms with Crippen LogP contribution < -0.4 is 10.6 Å². The molecule has 3 N–H and O–H groups in total. The van der Waals surface area contributed by atoms with Crippen molar-refractivity contribution in [3.63, 3.8) is 0 Å². The number of ether oxygens (including phenoxy) is 5. The van der Waals surface area contributed by atoms with Crippen molar-refractivity contribution in [3.8, 4) is 11.1 Å². The SMILES string of the molecule is CC(OCC(=O)O)C(=O)CNCCOCCOCCOCCCNC(=O)OC1c2ccccc2-c2ccccc21. The van der Waals surface area contributed by atoms with Gasteiger partial charge in [0.1, 0.15) is 12.7 Å². The number of Topliss-reactive ketones (excluding diaryl/α,β-unsaturated/α-hetero) is 1. The molecule has 2 aromatic carbocycles. The normalized spacial score (nSPS) is 12.9. The lowest BCUT2D eigenvalue weighted by Gasteiger charge is -2.15. The van der Waals surface area contributed by atoms with Gasteiger partial charge < -0.3 is 39.4 Å². The Labute approximate surface area is 234 Å². The summed E-state index contributed by atoms with van der Waals surface area (Å²) < 4.78 is 27.1. The number of carbonyl (C=O) groups excluding carboxylic acids is 2. The minimum atomic E-state index is -1.11. The number of benzene rings is 2. The molecule has 0 saturated carbocycles. The minimum absolute atomic E-state index is 0.0816. The summed E-state index contributed by atoms with van der Waals surface area (Å²) in [5.74, 6) is -1.33. The molecule has 2 aromatic rings. The maximum Gasteiger partial charge on any atom is 0.408 e. The van der Waals surface area contributed by atoms with Crippen LogP contribution in [0.1, 0.15) is 30.6 Å². The molecule has 0 saturated heterocycles. The van der Waals surface area contributed by atoms with Gasteiger partial charge in [-0.25, -0.2) is 9.59 Å². The number of carboxylic acids is 1. The number of hydrogen-bond donors (Lipinski definition) is 3. The standard InChI is InChI=1S/C29H38N2O9/c1-21(39-20-27(33)34)26(32)19-30-12-14-37-16-18-38-17-15-36-13-6-11-31-29(35)40-28-24-9-4-2-7-22(24)23-8-3-5-10-25(23)28/h2-5,7-10,21,28,30H,6,11-20H2,1H3,(H,31,35)(H,33,34). The quantitative estimate of drug-likeness (QED) is 0.208. The van der Waals surface area contributed by atoms with Crippen molar-refractivity contribution in [1.82, 2.24) is 10.6 Å². The molecule has 0 heterocycles. The molecule has 1 atom stereocenters. The Kier molecular flexibility index (Phi) is 13.5. The van der Waals surface area contributed by atoms with Crippen LogP contribution in [0.25, 0.3) is 11.1 Å². The number of aliphatic carboxylic acids is 1. The van der Waals surface area contributed by atoms with Gasteiger partial charge in [0.05, 0.1) is 39.6 Å². The predicted octanol–water partition coefficient (Wildman–Crippen LogP) is 2.57. The maximum atomic E-state index is 12.4. The fraction of sp³-hybridized carbons (Fsp3) is 0.483.